The molecule has 0 N–H and O–H groups in total. The van der Waals surface area contributed by atoms with Gasteiger partial charge in [-0.2, -0.15) is 0 Å². The van der Waals surface area contributed by atoms with Crippen molar-refractivity contribution in [3.05, 3.63) is 65.5 Å². The summed E-state index contributed by atoms with van der Waals surface area (Å²) in [7, 11) is 3.34. The van der Waals surface area contributed by atoms with Gasteiger partial charge >= 0.3 is 0 Å². The minimum absolute atomic E-state index is 0.571. The maximum Gasteiger partial charge on any atom is 0.226 e. The van der Waals surface area contributed by atoms with Crippen molar-refractivity contribution in [2.45, 2.75) is 23.9 Å². The molecule has 0 unspecified atom stereocenters. The molecule has 0 atom stereocenters. The van der Waals surface area contributed by atoms with Gasteiger partial charge in [-0.3, -0.25) is 0 Å². The second-order valence-electron chi connectivity index (χ2n) is 6.95. The number of halogens is 1. The smallest absolute Gasteiger partial charge is 0.226 e. The Labute approximate surface area is 195 Å². The fraction of sp³-hybridized carbons (Fsp3) is 0.261. The largest absolute Gasteiger partial charge is 0.497 e. The third-order valence-electron chi connectivity index (χ3n) is 4.80. The molecule has 7 nitrogen and oxygen atoms in total. The number of thioether (sulfide) groups is 1. The Kier molecular flexibility index (Phi) is 7.47. The van der Waals surface area contributed by atoms with Gasteiger partial charge in [-0.25, -0.2) is 4.98 Å². The van der Waals surface area contributed by atoms with Crippen molar-refractivity contribution in [3.8, 4) is 28.6 Å². The number of nitrogens with zero attached hydrogens (tertiary/aromatic N) is 4. The van der Waals surface area contributed by atoms with Crippen LogP contribution in [0.5, 0.6) is 5.75 Å². The third kappa shape index (κ3) is 5.15. The second kappa shape index (κ2) is 10.7. The molecule has 2 heterocycles. The lowest BCUT2D eigenvalue weighted by molar-refractivity contribution is 0.189. The van der Waals surface area contributed by atoms with Crippen LogP contribution < -0.4 is 4.74 Å². The molecule has 2 aromatic carbocycles. The molecule has 0 bridgehead atoms. The van der Waals surface area contributed by atoms with E-state index in [9.17, 15) is 0 Å². The first-order valence-electron chi connectivity index (χ1n) is 10.1. The number of ether oxygens (including phenoxy) is 2. The lowest BCUT2D eigenvalue weighted by atomic mass is 10.2. The summed E-state index contributed by atoms with van der Waals surface area (Å²) in [6.07, 6.45) is 2.51. The minimum atomic E-state index is 0.571. The summed E-state index contributed by atoms with van der Waals surface area (Å²) in [6.45, 7) is 1.37. The highest BCUT2D eigenvalue weighted by Crippen LogP contribution is 2.31. The summed E-state index contributed by atoms with van der Waals surface area (Å²) < 4.78 is 18.2. The highest BCUT2D eigenvalue weighted by molar-refractivity contribution is 7.98. The highest BCUT2D eigenvalue weighted by atomic mass is 35.5. The van der Waals surface area contributed by atoms with Crippen LogP contribution in [0.25, 0.3) is 22.8 Å². The van der Waals surface area contributed by atoms with E-state index < -0.39 is 0 Å². The van der Waals surface area contributed by atoms with Crippen LogP contribution in [0.15, 0.2) is 64.4 Å². The molecular formula is C23H23ClN4O3S. The van der Waals surface area contributed by atoms with E-state index in [0.29, 0.717) is 23.3 Å². The van der Waals surface area contributed by atoms with Gasteiger partial charge in [0.15, 0.2) is 11.0 Å². The van der Waals surface area contributed by atoms with Gasteiger partial charge in [-0.05, 0) is 42.8 Å². The Morgan fingerprint density at radius 2 is 1.88 bits per heavy atom. The molecule has 9 heteroatoms. The van der Waals surface area contributed by atoms with E-state index in [1.165, 1.54) is 0 Å². The monoisotopic (exact) mass is 470 g/mol. The number of aromatic nitrogens is 4. The van der Waals surface area contributed by atoms with Gasteiger partial charge in [0.2, 0.25) is 5.89 Å². The van der Waals surface area contributed by atoms with Crippen molar-refractivity contribution in [1.82, 2.24) is 19.7 Å². The zero-order valence-corrected chi connectivity index (χ0v) is 19.4. The number of hydrogen-bond donors (Lipinski definition) is 0. The lowest BCUT2D eigenvalue weighted by Gasteiger charge is -2.10. The average molecular weight is 471 g/mol. The quantitative estimate of drug-likeness (QED) is 0.221. The van der Waals surface area contributed by atoms with Crippen LogP contribution in [-0.2, 0) is 17.0 Å². The van der Waals surface area contributed by atoms with E-state index in [0.717, 1.165) is 46.5 Å². The third-order valence-corrected chi connectivity index (χ3v) is 6.13. The lowest BCUT2D eigenvalue weighted by Crippen LogP contribution is -2.05. The van der Waals surface area contributed by atoms with Gasteiger partial charge in [-0.15, -0.1) is 10.2 Å². The molecule has 0 aliphatic rings. The summed E-state index contributed by atoms with van der Waals surface area (Å²) in [5, 5.41) is 10.3. The van der Waals surface area contributed by atoms with Crippen molar-refractivity contribution in [2.75, 3.05) is 20.8 Å². The average Bonchev–Trinajstić information content (AvgIpc) is 3.45. The van der Waals surface area contributed by atoms with Crippen molar-refractivity contribution < 1.29 is 13.9 Å². The van der Waals surface area contributed by atoms with Crippen LogP contribution >= 0.6 is 23.4 Å². The zero-order valence-electron chi connectivity index (χ0n) is 17.8. The normalized spacial score (nSPS) is 11.1. The molecule has 0 saturated carbocycles. The predicted octanol–water partition coefficient (Wildman–Crippen LogP) is 5.59. The molecule has 0 amide bonds. The van der Waals surface area contributed by atoms with Crippen molar-refractivity contribution in [3.63, 3.8) is 0 Å². The molecule has 0 spiro atoms. The Hall–Kier alpha value is -2.81. The molecule has 2 aromatic heterocycles. The molecule has 0 aliphatic heterocycles. The molecule has 4 aromatic rings. The van der Waals surface area contributed by atoms with Crippen LogP contribution in [0.4, 0.5) is 0 Å². The van der Waals surface area contributed by atoms with Crippen LogP contribution in [0.2, 0.25) is 5.02 Å². The van der Waals surface area contributed by atoms with E-state index >= 15 is 0 Å². The standard InChI is InChI=1S/C23H23ClN4O3S/c1-29-13-5-12-28-21(19-6-3-4-7-20(19)24)26-27-23(28)32-15-17-14-31-22(25-17)16-8-10-18(30-2)11-9-16/h3-4,6-11,14H,5,12-13,15H2,1-2H3. The summed E-state index contributed by atoms with van der Waals surface area (Å²) in [5.41, 5.74) is 2.58. The molecule has 166 valence electrons. The fourth-order valence-electron chi connectivity index (χ4n) is 3.18. The second-order valence-corrected chi connectivity index (χ2v) is 8.29. The van der Waals surface area contributed by atoms with Crippen LogP contribution in [0.3, 0.4) is 0 Å². The van der Waals surface area contributed by atoms with Gasteiger partial charge in [0.1, 0.15) is 12.0 Å². The first kappa shape index (κ1) is 22.4. The summed E-state index contributed by atoms with van der Waals surface area (Å²) >= 11 is 7.97. The summed E-state index contributed by atoms with van der Waals surface area (Å²) in [5.74, 6) is 2.71. The topological polar surface area (TPSA) is 75.2 Å². The SMILES string of the molecule is COCCCn1c(SCc2coc(-c3ccc(OC)cc3)n2)nnc1-c1ccccc1Cl. The van der Waals surface area contributed by atoms with Crippen LogP contribution in [0.1, 0.15) is 12.1 Å². The van der Waals surface area contributed by atoms with Gasteiger partial charge < -0.3 is 18.5 Å². The molecule has 0 radical (unpaired) electrons. The van der Waals surface area contributed by atoms with E-state index in [4.69, 9.17) is 25.5 Å². The summed E-state index contributed by atoms with van der Waals surface area (Å²) in [4.78, 5) is 4.61. The number of oxazole rings is 1. The Morgan fingerprint density at radius 1 is 1.06 bits per heavy atom. The fourth-order valence-corrected chi connectivity index (χ4v) is 4.25. The molecule has 4 rings (SSSR count). The number of hydrogen-bond acceptors (Lipinski definition) is 7. The number of rotatable bonds is 10. The minimum Gasteiger partial charge on any atom is -0.497 e. The Balaban J connectivity index is 1.51. The van der Waals surface area contributed by atoms with E-state index in [2.05, 4.69) is 19.7 Å². The van der Waals surface area contributed by atoms with Gasteiger partial charge in [0.05, 0.1) is 17.8 Å². The van der Waals surface area contributed by atoms with E-state index in [1.807, 2.05) is 48.5 Å². The molecule has 0 aliphatic carbocycles. The Morgan fingerprint density at radius 3 is 2.62 bits per heavy atom. The maximum absolute atomic E-state index is 6.41. The zero-order chi connectivity index (χ0) is 22.3. The number of methoxy groups -OCH3 is 2. The van der Waals surface area contributed by atoms with Gasteiger partial charge in [-0.1, -0.05) is 35.5 Å². The maximum atomic E-state index is 6.41. The van der Waals surface area contributed by atoms with Crippen LogP contribution in [-0.4, -0.2) is 40.6 Å². The number of benzene rings is 2. The summed E-state index contributed by atoms with van der Waals surface area (Å²) in [6, 6.07) is 15.3. The van der Waals surface area contributed by atoms with E-state index in [-0.39, 0.29) is 0 Å². The molecule has 0 saturated heterocycles. The first-order valence-corrected chi connectivity index (χ1v) is 11.4. The highest BCUT2D eigenvalue weighted by Gasteiger charge is 2.17. The van der Waals surface area contributed by atoms with Crippen molar-refractivity contribution in [1.29, 1.82) is 0 Å². The molecular weight excluding hydrogens is 448 g/mol. The van der Waals surface area contributed by atoms with Crippen molar-refractivity contribution in [2.24, 2.45) is 0 Å². The van der Waals surface area contributed by atoms with Crippen LogP contribution in [0, 0.1) is 0 Å². The van der Waals surface area contributed by atoms with Crippen molar-refractivity contribution >= 4 is 23.4 Å². The predicted molar refractivity (Wildman–Crippen MR) is 125 cm³/mol. The first-order chi connectivity index (χ1) is 15.7. The van der Waals surface area contributed by atoms with Gasteiger partial charge in [0.25, 0.3) is 0 Å². The van der Waals surface area contributed by atoms with E-state index in [1.54, 1.807) is 32.2 Å². The molecule has 0 fully saturated rings. The van der Waals surface area contributed by atoms with Gasteiger partial charge in [0, 0.05) is 37.1 Å². The molecule has 32 heavy (non-hydrogen) atoms. The Bertz CT molecular complexity index is 1160.